The molecule has 0 heterocycles. The average molecular weight is 534 g/mol. The number of carbonyl (C=O) groups excluding carboxylic acids is 2. The van der Waals surface area contributed by atoms with Crippen molar-refractivity contribution >= 4 is 33.4 Å². The molecule has 2 aromatic rings. The van der Waals surface area contributed by atoms with Crippen molar-refractivity contribution in [3.05, 3.63) is 64.7 Å². The Kier molecular flexibility index (Phi) is 9.93. The lowest BCUT2D eigenvalue weighted by molar-refractivity contribution is -0.141. The number of carbonyl (C=O) groups is 2. The molecule has 0 bridgehead atoms. The molecule has 1 N–H and O–H groups in total. The molecule has 2 aromatic carbocycles. The van der Waals surface area contributed by atoms with Crippen LogP contribution in [-0.4, -0.2) is 55.1 Å². The van der Waals surface area contributed by atoms with E-state index in [-0.39, 0.29) is 29.9 Å². The topological polar surface area (TPSA) is 86.8 Å². The molecule has 1 aliphatic carbocycles. The molecule has 1 fully saturated rings. The van der Waals surface area contributed by atoms with E-state index in [4.69, 9.17) is 11.6 Å². The van der Waals surface area contributed by atoms with Crippen molar-refractivity contribution in [1.29, 1.82) is 0 Å². The normalized spacial score (nSPS) is 15.5. The number of hydrogen-bond donors (Lipinski definition) is 1. The van der Waals surface area contributed by atoms with Crippen LogP contribution in [-0.2, 0) is 26.2 Å². The van der Waals surface area contributed by atoms with Gasteiger partial charge in [0.1, 0.15) is 6.04 Å². The lowest BCUT2D eigenvalue weighted by Crippen LogP contribution is -2.53. The Labute approximate surface area is 219 Å². The van der Waals surface area contributed by atoms with E-state index in [1.165, 1.54) is 30.5 Å². The minimum absolute atomic E-state index is 0.109. The number of benzene rings is 2. The van der Waals surface area contributed by atoms with Gasteiger partial charge in [0.15, 0.2) is 0 Å². The molecule has 1 atom stereocenters. The SMILES string of the molecule is CC[C@@H](C(=O)NC1CCCCC1)N(Cc1ccc(Cl)cc1)C(=O)CN(C)S(=O)(=O)c1ccc(C)cc1. The third-order valence-electron chi connectivity index (χ3n) is 6.69. The Hall–Kier alpha value is -2.42. The lowest BCUT2D eigenvalue weighted by atomic mass is 9.95. The quantitative estimate of drug-likeness (QED) is 0.486. The van der Waals surface area contributed by atoms with E-state index in [1.807, 2.05) is 13.8 Å². The molecule has 7 nitrogen and oxygen atoms in total. The van der Waals surface area contributed by atoms with Crippen LogP contribution in [0.1, 0.15) is 56.6 Å². The zero-order valence-corrected chi connectivity index (χ0v) is 22.8. The van der Waals surface area contributed by atoms with Crippen molar-refractivity contribution in [2.75, 3.05) is 13.6 Å². The number of aryl methyl sites for hydroxylation is 1. The summed E-state index contributed by atoms with van der Waals surface area (Å²) in [6, 6.07) is 13.0. The summed E-state index contributed by atoms with van der Waals surface area (Å²) in [5.74, 6) is -0.635. The second-order valence-corrected chi connectivity index (χ2v) is 12.0. The number of sulfonamides is 1. The van der Waals surface area contributed by atoms with Gasteiger partial charge in [-0.05, 0) is 56.0 Å². The molecule has 0 unspecified atom stereocenters. The van der Waals surface area contributed by atoms with Gasteiger partial charge in [0.25, 0.3) is 0 Å². The molecule has 0 spiro atoms. The summed E-state index contributed by atoms with van der Waals surface area (Å²) < 4.78 is 27.2. The van der Waals surface area contributed by atoms with E-state index in [2.05, 4.69) is 5.32 Å². The van der Waals surface area contributed by atoms with Crippen LogP contribution in [0, 0.1) is 6.92 Å². The maximum Gasteiger partial charge on any atom is 0.243 e. The zero-order chi connectivity index (χ0) is 26.3. The first-order valence-electron chi connectivity index (χ1n) is 12.5. The van der Waals surface area contributed by atoms with E-state index in [1.54, 1.807) is 36.4 Å². The summed E-state index contributed by atoms with van der Waals surface area (Å²) >= 11 is 6.03. The molecule has 1 aliphatic rings. The van der Waals surface area contributed by atoms with Gasteiger partial charge in [-0.15, -0.1) is 0 Å². The van der Waals surface area contributed by atoms with E-state index in [9.17, 15) is 18.0 Å². The summed E-state index contributed by atoms with van der Waals surface area (Å²) in [5.41, 5.74) is 1.75. The molecule has 0 saturated heterocycles. The van der Waals surface area contributed by atoms with Gasteiger partial charge >= 0.3 is 0 Å². The van der Waals surface area contributed by atoms with Crippen LogP contribution >= 0.6 is 11.6 Å². The molecule has 2 amide bonds. The third kappa shape index (κ3) is 7.31. The number of rotatable bonds is 10. The third-order valence-corrected chi connectivity index (χ3v) is 8.76. The van der Waals surface area contributed by atoms with E-state index >= 15 is 0 Å². The van der Waals surface area contributed by atoms with Gasteiger partial charge < -0.3 is 10.2 Å². The van der Waals surface area contributed by atoms with Crippen LogP contribution in [0.5, 0.6) is 0 Å². The Balaban J connectivity index is 1.82. The molecule has 0 radical (unpaired) electrons. The largest absolute Gasteiger partial charge is 0.352 e. The number of nitrogens with one attached hydrogen (secondary N) is 1. The van der Waals surface area contributed by atoms with Gasteiger partial charge in [0.05, 0.1) is 11.4 Å². The van der Waals surface area contributed by atoms with Crippen LogP contribution in [0.15, 0.2) is 53.4 Å². The molecule has 3 rings (SSSR count). The number of nitrogens with zero attached hydrogens (tertiary/aromatic N) is 2. The smallest absolute Gasteiger partial charge is 0.243 e. The average Bonchev–Trinajstić information content (AvgIpc) is 2.86. The number of amides is 2. The predicted molar refractivity (Wildman–Crippen MR) is 142 cm³/mol. The minimum Gasteiger partial charge on any atom is -0.352 e. The highest BCUT2D eigenvalue weighted by Crippen LogP contribution is 2.21. The van der Waals surface area contributed by atoms with E-state index in [0.29, 0.717) is 11.4 Å². The van der Waals surface area contributed by atoms with E-state index in [0.717, 1.165) is 41.1 Å². The van der Waals surface area contributed by atoms with Gasteiger partial charge in [-0.2, -0.15) is 4.31 Å². The Morgan fingerprint density at radius 2 is 1.64 bits per heavy atom. The fraction of sp³-hybridized carbons (Fsp3) is 0.481. The van der Waals surface area contributed by atoms with Crippen molar-refractivity contribution in [1.82, 2.24) is 14.5 Å². The fourth-order valence-electron chi connectivity index (χ4n) is 4.51. The van der Waals surface area contributed by atoms with Crippen molar-refractivity contribution < 1.29 is 18.0 Å². The summed E-state index contributed by atoms with van der Waals surface area (Å²) in [6.45, 7) is 3.53. The minimum atomic E-state index is -3.87. The zero-order valence-electron chi connectivity index (χ0n) is 21.2. The highest BCUT2D eigenvalue weighted by Gasteiger charge is 2.32. The monoisotopic (exact) mass is 533 g/mol. The number of likely N-dealkylation sites (N-methyl/N-ethyl adjacent to an activating group) is 1. The standard InChI is InChI=1S/C27H36ClN3O4S/c1-4-25(27(33)29-23-8-6-5-7-9-23)31(18-21-12-14-22(28)15-13-21)26(32)19-30(3)36(34,35)24-16-10-20(2)11-17-24/h10-17,23,25H,4-9,18-19H2,1-3H3,(H,29,33)/t25-/m0/s1. The molecular weight excluding hydrogens is 498 g/mol. The van der Waals surface area contributed by atoms with Crippen LogP contribution in [0.25, 0.3) is 0 Å². The van der Waals surface area contributed by atoms with Crippen molar-refractivity contribution in [2.45, 2.75) is 75.9 Å². The molecule has 0 aliphatic heterocycles. The number of halogens is 1. The summed E-state index contributed by atoms with van der Waals surface area (Å²) in [4.78, 5) is 28.5. The van der Waals surface area contributed by atoms with Crippen molar-refractivity contribution in [3.8, 4) is 0 Å². The van der Waals surface area contributed by atoms with Crippen LogP contribution in [0.3, 0.4) is 0 Å². The number of hydrogen-bond acceptors (Lipinski definition) is 4. The molecule has 1 saturated carbocycles. The summed E-state index contributed by atoms with van der Waals surface area (Å²) in [5, 5.41) is 3.70. The van der Waals surface area contributed by atoms with Gasteiger partial charge in [-0.1, -0.05) is 67.6 Å². The van der Waals surface area contributed by atoms with Gasteiger partial charge in [0.2, 0.25) is 21.8 Å². The van der Waals surface area contributed by atoms with Crippen LogP contribution in [0.2, 0.25) is 5.02 Å². The molecular formula is C27H36ClN3O4S. The van der Waals surface area contributed by atoms with Crippen LogP contribution < -0.4 is 5.32 Å². The van der Waals surface area contributed by atoms with Gasteiger partial charge in [-0.25, -0.2) is 8.42 Å². The highest BCUT2D eigenvalue weighted by molar-refractivity contribution is 7.89. The first kappa shape index (κ1) is 28.2. The predicted octanol–water partition coefficient (Wildman–Crippen LogP) is 4.53. The van der Waals surface area contributed by atoms with Gasteiger partial charge in [0, 0.05) is 24.7 Å². The van der Waals surface area contributed by atoms with Gasteiger partial charge in [-0.3, -0.25) is 9.59 Å². The Bertz CT molecular complexity index is 1130. The van der Waals surface area contributed by atoms with Crippen molar-refractivity contribution in [3.63, 3.8) is 0 Å². The second kappa shape index (κ2) is 12.7. The maximum absolute atomic E-state index is 13.6. The Morgan fingerprint density at radius 3 is 2.22 bits per heavy atom. The maximum atomic E-state index is 13.6. The lowest BCUT2D eigenvalue weighted by Gasteiger charge is -2.33. The summed E-state index contributed by atoms with van der Waals surface area (Å²) in [6.07, 6.45) is 5.61. The molecule has 36 heavy (non-hydrogen) atoms. The molecule has 196 valence electrons. The van der Waals surface area contributed by atoms with Crippen LogP contribution in [0.4, 0.5) is 0 Å². The molecule has 9 heteroatoms. The van der Waals surface area contributed by atoms with Crippen molar-refractivity contribution in [2.24, 2.45) is 0 Å². The Morgan fingerprint density at radius 1 is 1.03 bits per heavy atom. The first-order chi connectivity index (χ1) is 17.1. The first-order valence-corrected chi connectivity index (χ1v) is 14.3. The fourth-order valence-corrected chi connectivity index (χ4v) is 5.75. The molecule has 0 aromatic heterocycles. The van der Waals surface area contributed by atoms with E-state index < -0.39 is 22.0 Å². The highest BCUT2D eigenvalue weighted by atomic mass is 35.5. The second-order valence-electron chi connectivity index (χ2n) is 9.49. The summed E-state index contributed by atoms with van der Waals surface area (Å²) in [7, 11) is -2.48.